The molecule has 27 atom stereocenters. The van der Waals surface area contributed by atoms with Crippen LogP contribution in [0.1, 0.15) is 171 Å². The van der Waals surface area contributed by atoms with Crippen LogP contribution in [0.2, 0.25) is 19.0 Å². The zero-order valence-corrected chi connectivity index (χ0v) is 78.3. The van der Waals surface area contributed by atoms with Gasteiger partial charge in [-0.3, -0.25) is 9.59 Å². The van der Waals surface area contributed by atoms with Crippen molar-refractivity contribution in [3.8, 4) is 0 Å². The molecule has 3 unspecified atom stereocenters. The third-order valence-corrected chi connectivity index (χ3v) is 63.5. The molecular formula is C80H106N6O27SSe2Te3. The molecule has 0 radical (unpaired) electrons. The number of nitrogens with one attached hydrogen (secondary N) is 6. The average Bonchev–Trinajstić information content (AvgIpc) is 1.53. The number of β-lactam (4-membered cyclic amide) rings is 6. The molecule has 0 aromatic carbocycles. The molecule has 9 saturated heterocycles. The molecule has 12 aliphatic heterocycles. The van der Waals surface area contributed by atoms with Gasteiger partial charge in [-0.2, -0.15) is 0 Å². The van der Waals surface area contributed by atoms with Crippen LogP contribution in [0, 0.1) is 53.3 Å². The first-order valence-electron chi connectivity index (χ1n) is 40.7. The van der Waals surface area contributed by atoms with Gasteiger partial charge in [-0.25, -0.2) is 8.42 Å². The van der Waals surface area contributed by atoms with Crippen LogP contribution < -0.4 is 31.9 Å². The van der Waals surface area contributed by atoms with Crippen molar-refractivity contribution in [3.63, 3.8) is 0 Å². The van der Waals surface area contributed by atoms with E-state index in [0.717, 1.165) is 96.3 Å². The van der Waals surface area contributed by atoms with Crippen molar-refractivity contribution in [3.05, 3.63) is 102 Å². The van der Waals surface area contributed by atoms with Gasteiger partial charge in [0.2, 0.25) is 20.5 Å². The van der Waals surface area contributed by atoms with Crippen LogP contribution in [-0.2, 0) is 87.0 Å². The van der Waals surface area contributed by atoms with Gasteiger partial charge >= 0.3 is 593 Å². The Morgan fingerprint density at radius 3 is 1.12 bits per heavy atom. The van der Waals surface area contributed by atoms with Gasteiger partial charge in [0.25, 0.3) is 5.12 Å². The fourth-order valence-electron chi connectivity index (χ4n) is 21.7. The molecule has 0 spiro atoms. The molecule has 654 valence electrons. The predicted molar refractivity (Wildman–Crippen MR) is 420 cm³/mol. The fraction of sp³-hybridized carbons (Fsp3) is 0.662. The Morgan fingerprint density at radius 2 is 0.765 bits per heavy atom. The zero-order valence-electron chi connectivity index (χ0n) is 67.1. The summed E-state index contributed by atoms with van der Waals surface area (Å²) in [6.07, 6.45) is 29.9. The van der Waals surface area contributed by atoms with Gasteiger partial charge in [0.1, 0.15) is 0 Å². The summed E-state index contributed by atoms with van der Waals surface area (Å²) in [4.78, 5) is 108. The number of carbonyl (C=O) groups excluding carboxylic acids is 9. The van der Waals surface area contributed by atoms with E-state index >= 15 is 0 Å². The standard InChI is InChI=1S/C14H19NO4Se.C14H19NO4Te.C13H17NO5S.C13H17NO5Se.C13H17NO5Te.C13H17NO4Te/c2*1-8-9(2)20(18,19)14(11(8)15-13(14)17)12(16)10-6-4-3-5-7-10;3*1-7-9-13(12(17)14-9,20(18,19)11(7)16)10(15)8-5-3-2-4-6-8;1-8-7-19(17,18)13(10(8)14-12(13)16)11(15)9-5-3-2-4-6-9/h2*4,6,10-12,16H,3,5,7H2,1-2H3,(H,15,17);3*3,5,7-10,15H,2,4,6H2,1H3,(H,14,17);3,5,7,9-11,15H,2,4,6H2,1H3,(H,14,16)/t2*10-,11+,12+,14+;3*7?,8-,9+,10+,13+;9-,10+,11+,13+/m111111/s1. The minimum absolute atomic E-state index is 0.241. The average molecular weight is 2160 g/mol. The van der Waals surface area contributed by atoms with Crippen LogP contribution in [0.15, 0.2) is 102 Å². The van der Waals surface area contributed by atoms with Gasteiger partial charge in [0.05, 0.1) is 18.1 Å². The minimum atomic E-state index is -5.60. The normalized spacial score (nSPS) is 42.0. The number of aliphatic hydroxyl groups excluding tert-OH is 6. The van der Waals surface area contributed by atoms with E-state index < -0.39 is 259 Å². The third kappa shape index (κ3) is 12.5. The summed E-state index contributed by atoms with van der Waals surface area (Å²) in [6.45, 7) is 12.8. The van der Waals surface area contributed by atoms with E-state index in [4.69, 9.17) is 0 Å². The second kappa shape index (κ2) is 32.2. The van der Waals surface area contributed by atoms with Crippen molar-refractivity contribution in [1.29, 1.82) is 0 Å². The Bertz CT molecular complexity index is 5020. The number of hydrogen-bond acceptors (Lipinski definition) is 27. The summed E-state index contributed by atoms with van der Waals surface area (Å²) >= 11 is -25.5. The second-order valence-corrected chi connectivity index (χ2v) is 64.3. The monoisotopic (exact) mass is 2160 g/mol. The zero-order chi connectivity index (χ0) is 87.4. The molecule has 0 aromatic heterocycles. The van der Waals surface area contributed by atoms with Crippen molar-refractivity contribution in [2.45, 2.75) is 268 Å². The maximum atomic E-state index is 12.8. The van der Waals surface area contributed by atoms with E-state index in [1.54, 1.807) is 52.8 Å². The summed E-state index contributed by atoms with van der Waals surface area (Å²) in [5.74, 6) is -7.95. The molecule has 18 rings (SSSR count). The van der Waals surface area contributed by atoms with Gasteiger partial charge in [-0.05, 0) is 19.3 Å². The van der Waals surface area contributed by atoms with Gasteiger partial charge < -0.3 is 10.4 Å². The molecule has 9 fully saturated rings. The first-order chi connectivity index (χ1) is 55.6. The fourth-order valence-corrected chi connectivity index (χ4v) is 53.9. The second-order valence-electron chi connectivity index (χ2n) is 34.9. The van der Waals surface area contributed by atoms with E-state index in [1.807, 2.05) is 54.7 Å². The molecule has 39 heteroatoms. The molecule has 12 N–H and O–H groups in total. The quantitative estimate of drug-likeness (QED) is 0.0759. The molecule has 12 heterocycles. The molecule has 0 aromatic rings. The Hall–Kier alpha value is -5.39. The van der Waals surface area contributed by atoms with Crippen LogP contribution in [0.5, 0.6) is 0 Å². The van der Waals surface area contributed by atoms with E-state index in [0.29, 0.717) is 44.1 Å². The SMILES string of the molecule is CC1=C(C)[Se](=O)(=O)[C@@]2([C@@H](O)[C@@H]3C=CCCC3)C(=O)N[C@@H]12.CC1=C(C)[Te](=O)(=O)[C@@]2([C@@H](O)[C@@H]3C=CCCC3)C(=O)N[C@@H]12.CC1=C[Te](=O)(=O)[C@@]2([C@@H](O)[C@@H]3C=CCCC3)C(=O)N[C@@H]12.CC1C(=O)S(=O)(=O)[C@@]2([C@@H](O)[C@@H]3C=CCCC3)C(=O)N[C@@H]12.CC1C(=O)[Se](=O)(=O)[C@@]2([C@@H](O)[C@@H]3C=CCCC3)C(=O)N[C@@H]12.CC1C(=O)[Te](=O)(=O)[C@@]2([C@@H](O)[C@@H]3C=CCCC3)C(=O)N[C@@H]12. The molecular weight excluding hydrogens is 2050 g/mol. The molecule has 6 aliphatic carbocycles. The van der Waals surface area contributed by atoms with E-state index in [-0.39, 0.29) is 29.6 Å². The summed E-state index contributed by atoms with van der Waals surface area (Å²) in [5.41, 5.74) is 2.01. The molecule has 6 amide bonds. The number of fused-ring (bicyclic) bond motifs is 6. The van der Waals surface area contributed by atoms with Crippen LogP contribution in [0.3, 0.4) is 0 Å². The van der Waals surface area contributed by atoms with Crippen molar-refractivity contribution >= 4 is 139 Å². The van der Waals surface area contributed by atoms with Crippen LogP contribution in [0.4, 0.5) is 0 Å². The number of aliphatic hydroxyl groups is 6. The van der Waals surface area contributed by atoms with E-state index in [1.165, 1.54) is 24.9 Å². The number of rotatable bonds is 12. The topological polar surface area (TPSA) is 552 Å². The van der Waals surface area contributed by atoms with Gasteiger partial charge in [0, 0.05) is 5.92 Å². The summed E-state index contributed by atoms with van der Waals surface area (Å²) < 4.78 is 140. The number of carbonyl (C=O) groups is 9. The number of hydrogen-bond donors (Lipinski definition) is 12. The van der Waals surface area contributed by atoms with Crippen molar-refractivity contribution in [1.82, 2.24) is 31.9 Å². The number of allylic oxidation sites excluding steroid dienone is 8. The number of amides is 6. The Kier molecular flexibility index (Phi) is 24.7. The predicted octanol–water partition coefficient (Wildman–Crippen LogP) is 2.55. The van der Waals surface area contributed by atoms with Crippen molar-refractivity contribution in [2.24, 2.45) is 53.3 Å². The third-order valence-electron chi connectivity index (χ3n) is 29.0. The molecule has 18 aliphatic rings. The van der Waals surface area contributed by atoms with Crippen molar-refractivity contribution < 1.29 is 116 Å². The maximum absolute atomic E-state index is 12.8. The summed E-state index contributed by atoms with van der Waals surface area (Å²) in [5, 5.41) is 78.2. The van der Waals surface area contributed by atoms with Crippen molar-refractivity contribution in [2.75, 3.05) is 0 Å². The van der Waals surface area contributed by atoms with Crippen LogP contribution in [0.25, 0.3) is 0 Å². The summed E-state index contributed by atoms with van der Waals surface area (Å²) in [7, 11) is -4.31. The van der Waals surface area contributed by atoms with Gasteiger partial charge in [-0.1, -0.05) is 19.1 Å². The Balaban J connectivity index is 0.000000124. The molecule has 33 nitrogen and oxygen atoms in total. The Labute approximate surface area is 703 Å². The first kappa shape index (κ1) is 91.3. The van der Waals surface area contributed by atoms with Gasteiger partial charge in [-0.15, -0.1) is 0 Å². The van der Waals surface area contributed by atoms with Gasteiger partial charge in [0.15, 0.2) is 0 Å². The first-order valence-corrected chi connectivity index (χ1v) is 61.3. The number of sulfone groups is 1. The molecule has 0 bridgehead atoms. The van der Waals surface area contributed by atoms with Crippen LogP contribution in [-0.4, -0.2) is 246 Å². The van der Waals surface area contributed by atoms with Crippen LogP contribution >= 0.6 is 0 Å². The Morgan fingerprint density at radius 1 is 0.395 bits per heavy atom. The molecule has 0 saturated carbocycles. The summed E-state index contributed by atoms with van der Waals surface area (Å²) in [6, 6.07) is -3.95. The van der Waals surface area contributed by atoms with E-state index in [9.17, 15) is 116 Å². The molecule has 119 heavy (non-hydrogen) atoms. The van der Waals surface area contributed by atoms with E-state index in [2.05, 4.69) is 31.9 Å².